The summed E-state index contributed by atoms with van der Waals surface area (Å²) in [6.07, 6.45) is 0. The summed E-state index contributed by atoms with van der Waals surface area (Å²) < 4.78 is 15.4. The van der Waals surface area contributed by atoms with Gasteiger partial charge in [-0.25, -0.2) is 4.79 Å². The van der Waals surface area contributed by atoms with E-state index in [0.717, 1.165) is 6.07 Å². The number of benzene rings is 2. The number of hydrogen-bond donors (Lipinski definition) is 1. The second-order valence-corrected chi connectivity index (χ2v) is 7.62. The van der Waals surface area contributed by atoms with Gasteiger partial charge < -0.3 is 19.5 Å². The van der Waals surface area contributed by atoms with Crippen molar-refractivity contribution in [3.63, 3.8) is 0 Å². The molecule has 10 nitrogen and oxygen atoms in total. The summed E-state index contributed by atoms with van der Waals surface area (Å²) in [5.74, 6) is -1.78. The molecule has 0 saturated carbocycles. The number of nitro benzene ring substituents is 1. The highest BCUT2D eigenvalue weighted by Gasteiger charge is 2.28. The topological polar surface area (TPSA) is 134 Å². The number of nitrogens with one attached hydrogen (secondary N) is 1. The standard InChI is InChI=1S/C22H23ClN2O8/c1-12(2)20(24-21(27)13-5-7-16(23)17(9-13)25(29)30)22(28)33-11-18(26)15-10-14(31-3)6-8-19(15)32-4/h5-10,12,20H,11H2,1-4H3,(H,24,27). The Morgan fingerprint density at radius 1 is 1.09 bits per heavy atom. The first-order valence-corrected chi connectivity index (χ1v) is 10.1. The minimum absolute atomic E-state index is 0.0539. The number of carbonyl (C=O) groups excluding carboxylic acids is 3. The Morgan fingerprint density at radius 2 is 1.79 bits per heavy atom. The van der Waals surface area contributed by atoms with Crippen LogP contribution in [0.5, 0.6) is 11.5 Å². The van der Waals surface area contributed by atoms with Crippen molar-refractivity contribution in [2.75, 3.05) is 20.8 Å². The SMILES string of the molecule is COc1ccc(OC)c(C(=O)COC(=O)C(NC(=O)c2ccc(Cl)c([N+](=O)[O-])c2)C(C)C)c1. The van der Waals surface area contributed by atoms with Gasteiger partial charge in [0.15, 0.2) is 6.61 Å². The fourth-order valence-corrected chi connectivity index (χ4v) is 3.04. The van der Waals surface area contributed by atoms with E-state index in [4.69, 9.17) is 25.8 Å². The normalized spacial score (nSPS) is 11.5. The molecule has 2 aromatic rings. The van der Waals surface area contributed by atoms with Crippen LogP contribution in [0, 0.1) is 16.0 Å². The summed E-state index contributed by atoms with van der Waals surface area (Å²) in [6.45, 7) is 2.75. The zero-order chi connectivity index (χ0) is 24.7. The van der Waals surface area contributed by atoms with Crippen molar-refractivity contribution in [3.05, 3.63) is 62.7 Å². The van der Waals surface area contributed by atoms with Crippen LogP contribution >= 0.6 is 11.6 Å². The van der Waals surface area contributed by atoms with E-state index in [-0.39, 0.29) is 21.9 Å². The molecule has 0 fully saturated rings. The van der Waals surface area contributed by atoms with E-state index in [1.807, 2.05) is 0 Å². The molecule has 0 saturated heterocycles. The molecule has 11 heteroatoms. The molecule has 0 aliphatic heterocycles. The molecule has 0 aliphatic carbocycles. The Kier molecular flexibility index (Phi) is 8.75. The van der Waals surface area contributed by atoms with Crippen molar-refractivity contribution in [1.29, 1.82) is 0 Å². The summed E-state index contributed by atoms with van der Waals surface area (Å²) >= 11 is 5.77. The first-order valence-electron chi connectivity index (χ1n) is 9.75. The summed E-state index contributed by atoms with van der Waals surface area (Å²) in [7, 11) is 2.84. The van der Waals surface area contributed by atoms with Crippen LogP contribution in [-0.4, -0.2) is 49.5 Å². The predicted octanol–water partition coefficient (Wildman–Crippen LogP) is 3.45. The number of rotatable bonds is 10. The maximum Gasteiger partial charge on any atom is 0.329 e. The van der Waals surface area contributed by atoms with Gasteiger partial charge in [0.2, 0.25) is 5.78 Å². The molecule has 0 aromatic heterocycles. The Bertz CT molecular complexity index is 1070. The zero-order valence-corrected chi connectivity index (χ0v) is 19.2. The molecule has 1 unspecified atom stereocenters. The Morgan fingerprint density at radius 3 is 2.36 bits per heavy atom. The predicted molar refractivity (Wildman–Crippen MR) is 119 cm³/mol. The third-order valence-electron chi connectivity index (χ3n) is 4.66. The number of Topliss-reactive ketones (excluding diaryl/α,β-unsaturated/α-hetero) is 1. The van der Waals surface area contributed by atoms with Crippen molar-refractivity contribution < 1.29 is 33.5 Å². The number of amides is 1. The smallest absolute Gasteiger partial charge is 0.329 e. The quantitative estimate of drug-likeness (QED) is 0.237. The molecule has 2 aromatic carbocycles. The third kappa shape index (κ3) is 6.42. The first-order chi connectivity index (χ1) is 15.6. The molecule has 0 heterocycles. The molecule has 1 amide bonds. The van der Waals surface area contributed by atoms with Crippen LogP contribution in [-0.2, 0) is 9.53 Å². The molecule has 2 rings (SSSR count). The fourth-order valence-electron chi connectivity index (χ4n) is 2.85. The number of ether oxygens (including phenoxy) is 3. The van der Waals surface area contributed by atoms with Crippen LogP contribution in [0.3, 0.4) is 0 Å². The monoisotopic (exact) mass is 478 g/mol. The third-order valence-corrected chi connectivity index (χ3v) is 4.98. The highest BCUT2D eigenvalue weighted by molar-refractivity contribution is 6.32. The van der Waals surface area contributed by atoms with Gasteiger partial charge in [0, 0.05) is 11.6 Å². The fraction of sp³-hybridized carbons (Fsp3) is 0.318. The second-order valence-electron chi connectivity index (χ2n) is 7.22. The van der Waals surface area contributed by atoms with E-state index in [1.54, 1.807) is 26.0 Å². The summed E-state index contributed by atoms with van der Waals surface area (Å²) in [5, 5.41) is 13.4. The van der Waals surface area contributed by atoms with Crippen molar-refractivity contribution >= 4 is 34.9 Å². The number of hydrogen-bond acceptors (Lipinski definition) is 8. The van der Waals surface area contributed by atoms with Gasteiger partial charge in [-0.1, -0.05) is 25.4 Å². The van der Waals surface area contributed by atoms with Gasteiger partial charge in [0.05, 0.1) is 24.7 Å². The Labute approximate surface area is 194 Å². The van der Waals surface area contributed by atoms with Gasteiger partial charge in [0.1, 0.15) is 22.6 Å². The van der Waals surface area contributed by atoms with Crippen LogP contribution in [0.15, 0.2) is 36.4 Å². The second kappa shape index (κ2) is 11.3. The molecule has 33 heavy (non-hydrogen) atoms. The van der Waals surface area contributed by atoms with Gasteiger partial charge in [-0.15, -0.1) is 0 Å². The molecule has 0 radical (unpaired) electrons. The van der Waals surface area contributed by atoms with Crippen molar-refractivity contribution in [1.82, 2.24) is 5.32 Å². The largest absolute Gasteiger partial charge is 0.497 e. The van der Waals surface area contributed by atoms with Crippen molar-refractivity contribution in [2.45, 2.75) is 19.9 Å². The van der Waals surface area contributed by atoms with Crippen LogP contribution < -0.4 is 14.8 Å². The van der Waals surface area contributed by atoms with Crippen LogP contribution in [0.4, 0.5) is 5.69 Å². The lowest BCUT2D eigenvalue weighted by Crippen LogP contribution is -2.45. The van der Waals surface area contributed by atoms with E-state index < -0.39 is 46.8 Å². The van der Waals surface area contributed by atoms with Crippen LogP contribution in [0.2, 0.25) is 5.02 Å². The van der Waals surface area contributed by atoms with Gasteiger partial charge in [-0.2, -0.15) is 0 Å². The summed E-state index contributed by atoms with van der Waals surface area (Å²) in [6, 6.07) is 7.06. The molecule has 176 valence electrons. The van der Waals surface area contributed by atoms with Gasteiger partial charge in [-0.05, 0) is 36.2 Å². The number of nitro groups is 1. The molecular weight excluding hydrogens is 456 g/mol. The Hall–Kier alpha value is -3.66. The molecule has 0 spiro atoms. The van der Waals surface area contributed by atoms with Crippen molar-refractivity contribution in [3.8, 4) is 11.5 Å². The minimum Gasteiger partial charge on any atom is -0.497 e. The number of nitrogens with zero attached hydrogens (tertiary/aromatic N) is 1. The van der Waals surface area contributed by atoms with Gasteiger partial charge in [-0.3, -0.25) is 19.7 Å². The maximum atomic E-state index is 12.6. The highest BCUT2D eigenvalue weighted by Crippen LogP contribution is 2.26. The first kappa shape index (κ1) is 25.6. The van der Waals surface area contributed by atoms with Crippen LogP contribution in [0.25, 0.3) is 0 Å². The van der Waals surface area contributed by atoms with E-state index in [0.29, 0.717) is 5.75 Å². The molecule has 0 aliphatic rings. The van der Waals surface area contributed by atoms with E-state index >= 15 is 0 Å². The molecule has 1 N–H and O–H groups in total. The summed E-state index contributed by atoms with van der Waals surface area (Å²) in [4.78, 5) is 48.1. The Balaban J connectivity index is 2.12. The minimum atomic E-state index is -1.10. The van der Waals surface area contributed by atoms with E-state index in [9.17, 15) is 24.5 Å². The van der Waals surface area contributed by atoms with Gasteiger partial charge in [0.25, 0.3) is 11.6 Å². The van der Waals surface area contributed by atoms with Crippen LogP contribution in [0.1, 0.15) is 34.6 Å². The van der Waals surface area contributed by atoms with Crippen molar-refractivity contribution in [2.24, 2.45) is 5.92 Å². The number of methoxy groups -OCH3 is 2. The molecular formula is C22H23ClN2O8. The zero-order valence-electron chi connectivity index (χ0n) is 18.4. The average Bonchev–Trinajstić information content (AvgIpc) is 2.79. The van der Waals surface area contributed by atoms with E-state index in [1.165, 1.54) is 32.4 Å². The highest BCUT2D eigenvalue weighted by atomic mass is 35.5. The number of esters is 1. The number of carbonyl (C=O) groups is 3. The number of ketones is 1. The molecule has 0 bridgehead atoms. The lowest BCUT2D eigenvalue weighted by Gasteiger charge is -2.21. The molecule has 1 atom stereocenters. The van der Waals surface area contributed by atoms with Gasteiger partial charge >= 0.3 is 5.97 Å². The lowest BCUT2D eigenvalue weighted by molar-refractivity contribution is -0.384. The maximum absolute atomic E-state index is 12.6. The number of halogens is 1. The summed E-state index contributed by atoms with van der Waals surface area (Å²) in [5.41, 5.74) is -0.323. The lowest BCUT2D eigenvalue weighted by atomic mass is 10.0. The average molecular weight is 479 g/mol. The van der Waals surface area contributed by atoms with E-state index in [2.05, 4.69) is 5.32 Å².